The highest BCUT2D eigenvalue weighted by atomic mass is 16.6. The fourth-order valence-corrected chi connectivity index (χ4v) is 1.81. The molecule has 0 radical (unpaired) electrons. The zero-order valence-corrected chi connectivity index (χ0v) is 11.3. The van der Waals surface area contributed by atoms with Gasteiger partial charge in [-0.25, -0.2) is 0 Å². The Morgan fingerprint density at radius 2 is 2.00 bits per heavy atom. The molecular weight excluding hydrogens is 258 g/mol. The SMILES string of the molecule is COc1cccc(COc2cc(C)ccc2[N+](=O)[O-])c1. The molecule has 0 saturated carbocycles. The number of nitro groups is 1. The summed E-state index contributed by atoms with van der Waals surface area (Å²) < 4.78 is 10.7. The van der Waals surface area contributed by atoms with Crippen LogP contribution in [0.3, 0.4) is 0 Å². The third-order valence-electron chi connectivity index (χ3n) is 2.84. The van der Waals surface area contributed by atoms with E-state index in [0.29, 0.717) is 0 Å². The standard InChI is InChI=1S/C15H15NO4/c1-11-6-7-14(16(17)18)15(8-11)20-10-12-4-3-5-13(9-12)19-2/h3-9H,10H2,1-2H3. The maximum absolute atomic E-state index is 11.0. The summed E-state index contributed by atoms with van der Waals surface area (Å²) in [4.78, 5) is 10.5. The van der Waals surface area contributed by atoms with E-state index in [2.05, 4.69) is 0 Å². The maximum Gasteiger partial charge on any atom is 0.310 e. The van der Waals surface area contributed by atoms with Gasteiger partial charge in [0.05, 0.1) is 12.0 Å². The molecule has 2 rings (SSSR count). The second-order valence-electron chi connectivity index (χ2n) is 4.37. The molecule has 2 aromatic carbocycles. The first-order chi connectivity index (χ1) is 9.60. The van der Waals surface area contributed by atoms with Gasteiger partial charge in [0.15, 0.2) is 5.75 Å². The fourth-order valence-electron chi connectivity index (χ4n) is 1.81. The summed E-state index contributed by atoms with van der Waals surface area (Å²) in [5.74, 6) is 1.00. The van der Waals surface area contributed by atoms with Gasteiger partial charge in [-0.15, -0.1) is 0 Å². The van der Waals surface area contributed by atoms with Gasteiger partial charge in [0.25, 0.3) is 0 Å². The van der Waals surface area contributed by atoms with Gasteiger partial charge in [-0.2, -0.15) is 0 Å². The van der Waals surface area contributed by atoms with Crippen LogP contribution < -0.4 is 9.47 Å². The molecule has 0 unspecified atom stereocenters. The molecule has 104 valence electrons. The van der Waals surface area contributed by atoms with Gasteiger partial charge >= 0.3 is 5.69 Å². The van der Waals surface area contributed by atoms with Crippen LogP contribution in [0.25, 0.3) is 0 Å². The van der Waals surface area contributed by atoms with E-state index in [9.17, 15) is 10.1 Å². The molecule has 0 aliphatic carbocycles. The normalized spacial score (nSPS) is 10.1. The highest BCUT2D eigenvalue weighted by Gasteiger charge is 2.14. The number of methoxy groups -OCH3 is 1. The van der Waals surface area contributed by atoms with Crippen molar-refractivity contribution in [1.82, 2.24) is 0 Å². The molecule has 20 heavy (non-hydrogen) atoms. The van der Waals surface area contributed by atoms with Gasteiger partial charge in [-0.1, -0.05) is 18.2 Å². The second-order valence-corrected chi connectivity index (χ2v) is 4.37. The Kier molecular flexibility index (Phi) is 4.20. The van der Waals surface area contributed by atoms with Crippen LogP contribution in [0.1, 0.15) is 11.1 Å². The lowest BCUT2D eigenvalue weighted by molar-refractivity contribution is -0.386. The molecule has 2 aromatic rings. The predicted octanol–water partition coefficient (Wildman–Crippen LogP) is 3.49. The molecule has 0 N–H and O–H groups in total. The summed E-state index contributed by atoms with van der Waals surface area (Å²) in [5, 5.41) is 11.0. The van der Waals surface area contributed by atoms with Crippen LogP contribution in [0.4, 0.5) is 5.69 Å². The minimum Gasteiger partial charge on any atom is -0.497 e. The van der Waals surface area contributed by atoms with Crippen LogP contribution in [-0.4, -0.2) is 12.0 Å². The van der Waals surface area contributed by atoms with E-state index in [0.717, 1.165) is 16.9 Å². The van der Waals surface area contributed by atoms with E-state index in [1.165, 1.54) is 6.07 Å². The number of nitro benzene ring substituents is 1. The van der Waals surface area contributed by atoms with Gasteiger partial charge in [0.1, 0.15) is 12.4 Å². The Morgan fingerprint density at radius 3 is 2.70 bits per heavy atom. The Balaban J connectivity index is 2.17. The van der Waals surface area contributed by atoms with Crippen LogP contribution in [-0.2, 0) is 6.61 Å². The van der Waals surface area contributed by atoms with E-state index >= 15 is 0 Å². The molecule has 0 aliphatic heterocycles. The topological polar surface area (TPSA) is 61.6 Å². The molecule has 0 atom stereocenters. The maximum atomic E-state index is 11.0. The molecule has 0 saturated heterocycles. The predicted molar refractivity (Wildman–Crippen MR) is 75.2 cm³/mol. The quantitative estimate of drug-likeness (QED) is 0.618. The average molecular weight is 273 g/mol. The summed E-state index contributed by atoms with van der Waals surface area (Å²) in [6, 6.07) is 12.2. The minimum atomic E-state index is -0.444. The van der Waals surface area contributed by atoms with Crippen molar-refractivity contribution in [2.24, 2.45) is 0 Å². The Hall–Kier alpha value is -2.56. The molecule has 5 nitrogen and oxygen atoms in total. The van der Waals surface area contributed by atoms with Crippen LogP contribution in [0.2, 0.25) is 0 Å². The Bertz CT molecular complexity index is 625. The molecule has 0 aliphatic rings. The van der Waals surface area contributed by atoms with E-state index in [4.69, 9.17) is 9.47 Å². The lowest BCUT2D eigenvalue weighted by atomic mass is 10.2. The Labute approximate surface area is 116 Å². The zero-order valence-electron chi connectivity index (χ0n) is 11.3. The van der Waals surface area contributed by atoms with Gasteiger partial charge in [-0.3, -0.25) is 10.1 Å². The van der Waals surface area contributed by atoms with Crippen LogP contribution in [0, 0.1) is 17.0 Å². The summed E-state index contributed by atoms with van der Waals surface area (Å²) >= 11 is 0. The lowest BCUT2D eigenvalue weighted by Gasteiger charge is -2.08. The number of benzene rings is 2. The number of hydrogen-bond acceptors (Lipinski definition) is 4. The first kappa shape index (κ1) is 13.9. The van der Waals surface area contributed by atoms with Crippen LogP contribution >= 0.6 is 0 Å². The largest absolute Gasteiger partial charge is 0.497 e. The first-order valence-electron chi connectivity index (χ1n) is 6.11. The summed E-state index contributed by atoms with van der Waals surface area (Å²) in [7, 11) is 1.59. The smallest absolute Gasteiger partial charge is 0.310 e. The average Bonchev–Trinajstić information content (AvgIpc) is 2.45. The highest BCUT2D eigenvalue weighted by Crippen LogP contribution is 2.28. The van der Waals surface area contributed by atoms with Gasteiger partial charge in [0, 0.05) is 6.07 Å². The minimum absolute atomic E-state index is 0.0292. The van der Waals surface area contributed by atoms with Crippen molar-refractivity contribution in [3.05, 3.63) is 63.7 Å². The first-order valence-corrected chi connectivity index (χ1v) is 6.11. The second kappa shape index (κ2) is 6.06. The van der Waals surface area contributed by atoms with E-state index in [1.807, 2.05) is 31.2 Å². The van der Waals surface area contributed by atoms with Crippen molar-refractivity contribution >= 4 is 5.69 Å². The van der Waals surface area contributed by atoms with Gasteiger partial charge in [0.2, 0.25) is 0 Å². The van der Waals surface area contributed by atoms with Crippen LogP contribution in [0.15, 0.2) is 42.5 Å². The summed E-state index contributed by atoms with van der Waals surface area (Å²) in [6.07, 6.45) is 0. The summed E-state index contributed by atoms with van der Waals surface area (Å²) in [5.41, 5.74) is 1.77. The van der Waals surface area contributed by atoms with Gasteiger partial charge in [-0.05, 0) is 36.2 Å². The molecule has 0 heterocycles. The lowest BCUT2D eigenvalue weighted by Crippen LogP contribution is -1.99. The number of hydrogen-bond donors (Lipinski definition) is 0. The van der Waals surface area contributed by atoms with Crippen molar-refractivity contribution in [2.75, 3.05) is 7.11 Å². The highest BCUT2D eigenvalue weighted by molar-refractivity contribution is 5.48. The van der Waals surface area contributed by atoms with Crippen molar-refractivity contribution in [3.63, 3.8) is 0 Å². The van der Waals surface area contributed by atoms with Crippen molar-refractivity contribution < 1.29 is 14.4 Å². The van der Waals surface area contributed by atoms with E-state index in [-0.39, 0.29) is 18.0 Å². The van der Waals surface area contributed by atoms with Crippen molar-refractivity contribution in [2.45, 2.75) is 13.5 Å². The molecule has 0 aromatic heterocycles. The number of nitrogens with zero attached hydrogens (tertiary/aromatic N) is 1. The monoisotopic (exact) mass is 273 g/mol. The third-order valence-corrected chi connectivity index (χ3v) is 2.84. The molecule has 0 spiro atoms. The summed E-state index contributed by atoms with van der Waals surface area (Å²) in [6.45, 7) is 2.11. The van der Waals surface area contributed by atoms with Crippen LogP contribution in [0.5, 0.6) is 11.5 Å². The number of aryl methyl sites for hydroxylation is 1. The van der Waals surface area contributed by atoms with Crippen molar-refractivity contribution in [3.8, 4) is 11.5 Å². The van der Waals surface area contributed by atoms with Crippen molar-refractivity contribution in [1.29, 1.82) is 0 Å². The van der Waals surface area contributed by atoms with E-state index in [1.54, 1.807) is 19.2 Å². The van der Waals surface area contributed by atoms with Gasteiger partial charge < -0.3 is 9.47 Å². The number of rotatable bonds is 5. The van der Waals surface area contributed by atoms with E-state index < -0.39 is 4.92 Å². The molecule has 0 bridgehead atoms. The zero-order chi connectivity index (χ0) is 14.5. The molecule has 0 amide bonds. The Morgan fingerprint density at radius 1 is 1.20 bits per heavy atom. The molecule has 0 fully saturated rings. The number of ether oxygens (including phenoxy) is 2. The third kappa shape index (κ3) is 3.26. The molecule has 5 heteroatoms. The fraction of sp³-hybridized carbons (Fsp3) is 0.200. The molecular formula is C15H15NO4.